The summed E-state index contributed by atoms with van der Waals surface area (Å²) >= 11 is 0. The van der Waals surface area contributed by atoms with E-state index in [1.807, 2.05) is 0 Å². The van der Waals surface area contributed by atoms with Crippen LogP contribution in [0.1, 0.15) is 37.3 Å². The van der Waals surface area contributed by atoms with E-state index in [1.165, 1.54) is 6.07 Å². The van der Waals surface area contributed by atoms with Crippen molar-refractivity contribution in [2.24, 2.45) is 16.6 Å². The Balaban J connectivity index is 1.66. The van der Waals surface area contributed by atoms with Crippen LogP contribution in [0.2, 0.25) is 0 Å². The van der Waals surface area contributed by atoms with Gasteiger partial charge in [0.25, 0.3) is 0 Å². The quantitative estimate of drug-likeness (QED) is 0.764. The van der Waals surface area contributed by atoms with Gasteiger partial charge in [-0.2, -0.15) is 0 Å². The molecule has 164 valence electrons. The first-order valence-electron chi connectivity index (χ1n) is 10.2. The fourth-order valence-electron chi connectivity index (χ4n) is 4.66. The smallest absolute Gasteiger partial charge is 0.168 e. The van der Waals surface area contributed by atoms with Gasteiger partial charge in [0.2, 0.25) is 0 Å². The molecular weight excluding hydrogens is 411 g/mol. The fourth-order valence-corrected chi connectivity index (χ4v) is 6.92. The van der Waals surface area contributed by atoms with E-state index in [0.29, 0.717) is 38.2 Å². The Morgan fingerprint density at radius 3 is 2.63 bits per heavy atom. The molecule has 2 N–H and O–H groups in total. The number of Topliss-reactive ketones (excluding diaryl/α,β-unsaturated/α-hetero) is 1. The SMILES string of the molecule is C[C@@]1(c2cc(CC(=O)C3CCOCC3)ccc2F)CS(=O)(=O)[C@]2(CCOC2)C(N)=N1. The van der Waals surface area contributed by atoms with Crippen LogP contribution in [0.3, 0.4) is 0 Å². The summed E-state index contributed by atoms with van der Waals surface area (Å²) < 4.78 is 50.4. The van der Waals surface area contributed by atoms with Gasteiger partial charge in [-0.1, -0.05) is 6.07 Å². The maximum atomic E-state index is 14.8. The highest BCUT2D eigenvalue weighted by Gasteiger charge is 2.57. The molecule has 4 rings (SSSR count). The van der Waals surface area contributed by atoms with Crippen LogP contribution in [-0.4, -0.2) is 57.0 Å². The van der Waals surface area contributed by atoms with Crippen molar-refractivity contribution in [1.82, 2.24) is 0 Å². The van der Waals surface area contributed by atoms with Gasteiger partial charge in [-0.15, -0.1) is 0 Å². The normalized spacial score (nSPS) is 31.6. The van der Waals surface area contributed by atoms with Crippen LogP contribution in [0, 0.1) is 11.7 Å². The van der Waals surface area contributed by atoms with Crippen LogP contribution < -0.4 is 5.73 Å². The Hall–Kier alpha value is -1.84. The molecule has 3 aliphatic heterocycles. The van der Waals surface area contributed by atoms with Crippen molar-refractivity contribution in [3.8, 4) is 0 Å². The van der Waals surface area contributed by atoms with Crippen molar-refractivity contribution in [3.63, 3.8) is 0 Å². The number of ketones is 1. The van der Waals surface area contributed by atoms with Gasteiger partial charge in [0.15, 0.2) is 14.6 Å². The molecule has 0 aliphatic carbocycles. The van der Waals surface area contributed by atoms with Gasteiger partial charge in [-0.05, 0) is 43.9 Å². The highest BCUT2D eigenvalue weighted by Crippen LogP contribution is 2.41. The van der Waals surface area contributed by atoms with Crippen LogP contribution in [0.25, 0.3) is 0 Å². The Kier molecular flexibility index (Phi) is 5.48. The number of hydrogen-bond acceptors (Lipinski definition) is 7. The molecule has 0 radical (unpaired) electrons. The zero-order valence-electron chi connectivity index (χ0n) is 17.0. The predicted octanol–water partition coefficient (Wildman–Crippen LogP) is 1.52. The van der Waals surface area contributed by atoms with Gasteiger partial charge in [0.1, 0.15) is 23.0 Å². The number of sulfone groups is 1. The van der Waals surface area contributed by atoms with Gasteiger partial charge in [-0.25, -0.2) is 12.8 Å². The number of rotatable bonds is 4. The third kappa shape index (κ3) is 3.56. The maximum Gasteiger partial charge on any atom is 0.168 e. The van der Waals surface area contributed by atoms with Crippen molar-refractivity contribution in [2.45, 2.75) is 42.9 Å². The van der Waals surface area contributed by atoms with Crippen molar-refractivity contribution >= 4 is 21.5 Å². The number of carbonyl (C=O) groups is 1. The molecule has 2 atom stereocenters. The first-order valence-corrected chi connectivity index (χ1v) is 11.9. The number of nitrogens with two attached hydrogens (primary N) is 1. The van der Waals surface area contributed by atoms with E-state index in [1.54, 1.807) is 19.1 Å². The fraction of sp³-hybridized carbons (Fsp3) is 0.619. The average molecular weight is 439 g/mol. The molecule has 0 unspecified atom stereocenters. The van der Waals surface area contributed by atoms with E-state index in [0.717, 1.165) is 0 Å². The molecule has 2 fully saturated rings. The minimum absolute atomic E-state index is 0.0249. The number of aliphatic imine (C=N–C) groups is 1. The largest absolute Gasteiger partial charge is 0.386 e. The summed E-state index contributed by atoms with van der Waals surface area (Å²) in [4.78, 5) is 17.1. The number of hydrogen-bond donors (Lipinski definition) is 1. The molecule has 1 aromatic rings. The van der Waals surface area contributed by atoms with E-state index in [-0.39, 0.29) is 48.3 Å². The Bertz CT molecular complexity index is 981. The van der Waals surface area contributed by atoms with E-state index in [9.17, 15) is 17.6 Å². The van der Waals surface area contributed by atoms with Gasteiger partial charge >= 0.3 is 0 Å². The average Bonchev–Trinajstić information content (AvgIpc) is 3.20. The van der Waals surface area contributed by atoms with E-state index < -0.39 is 25.9 Å². The third-order valence-corrected chi connectivity index (χ3v) is 9.22. The first kappa shape index (κ1) is 21.4. The van der Waals surface area contributed by atoms with E-state index in [2.05, 4.69) is 4.99 Å². The summed E-state index contributed by atoms with van der Waals surface area (Å²) in [6.07, 6.45) is 1.79. The Morgan fingerprint density at radius 1 is 1.27 bits per heavy atom. The van der Waals surface area contributed by atoms with Crippen LogP contribution in [0.5, 0.6) is 0 Å². The Labute approximate surface area is 175 Å². The minimum Gasteiger partial charge on any atom is -0.386 e. The monoisotopic (exact) mass is 438 g/mol. The van der Waals surface area contributed by atoms with E-state index >= 15 is 0 Å². The summed E-state index contributed by atoms with van der Waals surface area (Å²) in [5.74, 6) is -0.934. The molecule has 0 aromatic heterocycles. The minimum atomic E-state index is -3.73. The molecule has 0 saturated carbocycles. The maximum absolute atomic E-state index is 14.8. The highest BCUT2D eigenvalue weighted by molar-refractivity contribution is 7.93. The molecule has 3 aliphatic rings. The number of ether oxygens (including phenoxy) is 2. The molecule has 3 heterocycles. The zero-order chi connectivity index (χ0) is 21.6. The van der Waals surface area contributed by atoms with Crippen molar-refractivity contribution in [3.05, 3.63) is 35.1 Å². The molecular formula is C21H27FN2O5S. The first-order chi connectivity index (χ1) is 14.2. The van der Waals surface area contributed by atoms with Gasteiger partial charge < -0.3 is 15.2 Å². The summed E-state index contributed by atoms with van der Waals surface area (Å²) in [6.45, 7) is 2.98. The zero-order valence-corrected chi connectivity index (χ0v) is 17.8. The second-order valence-corrected chi connectivity index (χ2v) is 11.0. The van der Waals surface area contributed by atoms with Gasteiger partial charge in [0.05, 0.1) is 12.4 Å². The third-order valence-electron chi connectivity index (χ3n) is 6.55. The summed E-state index contributed by atoms with van der Waals surface area (Å²) in [5, 5.41) is 0. The molecule has 2 saturated heterocycles. The summed E-state index contributed by atoms with van der Waals surface area (Å²) in [5.41, 5.74) is 5.55. The Morgan fingerprint density at radius 2 is 2.00 bits per heavy atom. The van der Waals surface area contributed by atoms with Crippen LogP contribution in [0.4, 0.5) is 4.39 Å². The van der Waals surface area contributed by atoms with Crippen molar-refractivity contribution < 1.29 is 27.1 Å². The molecule has 9 heteroatoms. The van der Waals surface area contributed by atoms with E-state index in [4.69, 9.17) is 15.2 Å². The standard InChI is InChI=1S/C21H27FN2O5S/c1-20(13-30(26,27)21(19(23)24-20)6-9-29-12-21)16-10-14(2-3-17(16)22)11-18(25)15-4-7-28-8-5-15/h2-3,10,15H,4-9,11-13H2,1H3,(H2,23,24)/t20-,21-/m0/s1. The highest BCUT2D eigenvalue weighted by atomic mass is 32.2. The molecule has 1 spiro atoms. The second-order valence-electron chi connectivity index (χ2n) is 8.67. The lowest BCUT2D eigenvalue weighted by Gasteiger charge is -2.39. The lowest BCUT2D eigenvalue weighted by molar-refractivity contribution is -0.125. The molecule has 30 heavy (non-hydrogen) atoms. The lowest BCUT2D eigenvalue weighted by Crippen LogP contribution is -2.58. The van der Waals surface area contributed by atoms with Crippen LogP contribution in [0.15, 0.2) is 23.2 Å². The number of amidine groups is 1. The number of benzene rings is 1. The second kappa shape index (κ2) is 7.69. The number of halogens is 1. The predicted molar refractivity (Wildman–Crippen MR) is 110 cm³/mol. The summed E-state index contributed by atoms with van der Waals surface area (Å²) in [7, 11) is -3.73. The topological polar surface area (TPSA) is 108 Å². The van der Waals surface area contributed by atoms with Crippen molar-refractivity contribution in [1.29, 1.82) is 0 Å². The number of nitrogens with zero attached hydrogens (tertiary/aromatic N) is 1. The molecule has 7 nitrogen and oxygen atoms in total. The lowest BCUT2D eigenvalue weighted by atomic mass is 9.88. The summed E-state index contributed by atoms with van der Waals surface area (Å²) in [6, 6.07) is 4.40. The molecule has 0 amide bonds. The molecule has 1 aromatic carbocycles. The van der Waals surface area contributed by atoms with Crippen LogP contribution in [-0.2, 0) is 36.1 Å². The number of carbonyl (C=O) groups excluding carboxylic acids is 1. The van der Waals surface area contributed by atoms with Crippen molar-refractivity contribution in [2.75, 3.05) is 32.2 Å². The molecule has 0 bridgehead atoms. The van der Waals surface area contributed by atoms with Gasteiger partial charge in [-0.3, -0.25) is 9.79 Å². The van der Waals surface area contributed by atoms with Gasteiger partial charge in [0, 0.05) is 37.7 Å². The van der Waals surface area contributed by atoms with Crippen LogP contribution >= 0.6 is 0 Å².